The molecule has 0 bridgehead atoms. The van der Waals surface area contributed by atoms with Crippen molar-refractivity contribution in [3.63, 3.8) is 0 Å². The standard InChI is InChI=1S/C14H18N4O/c1-4-10-7-11(5-6-12(10)19-3)14-17-9(2)16-13(8-15)18-14/h5-7H,4,8,15H2,1-3H3. The first-order chi connectivity index (χ1) is 9.17. The van der Waals surface area contributed by atoms with E-state index in [0.717, 1.165) is 23.3 Å². The Bertz CT molecular complexity index is 584. The van der Waals surface area contributed by atoms with E-state index in [9.17, 15) is 0 Å². The van der Waals surface area contributed by atoms with E-state index in [0.29, 0.717) is 24.0 Å². The van der Waals surface area contributed by atoms with Gasteiger partial charge in [0.2, 0.25) is 0 Å². The number of hydrogen-bond donors (Lipinski definition) is 1. The average molecular weight is 258 g/mol. The summed E-state index contributed by atoms with van der Waals surface area (Å²) in [6.45, 7) is 4.24. The van der Waals surface area contributed by atoms with Crippen LogP contribution in [0.15, 0.2) is 18.2 Å². The van der Waals surface area contributed by atoms with E-state index in [4.69, 9.17) is 10.5 Å². The van der Waals surface area contributed by atoms with Crippen LogP contribution in [0, 0.1) is 6.92 Å². The van der Waals surface area contributed by atoms with Crippen molar-refractivity contribution in [1.29, 1.82) is 0 Å². The number of aryl methyl sites for hydroxylation is 2. The molecule has 1 aromatic heterocycles. The lowest BCUT2D eigenvalue weighted by molar-refractivity contribution is 0.410. The van der Waals surface area contributed by atoms with Gasteiger partial charge in [-0.2, -0.15) is 0 Å². The van der Waals surface area contributed by atoms with Crippen LogP contribution in [0.4, 0.5) is 0 Å². The highest BCUT2D eigenvalue weighted by atomic mass is 16.5. The lowest BCUT2D eigenvalue weighted by Gasteiger charge is -2.09. The Balaban J connectivity index is 2.49. The summed E-state index contributed by atoms with van der Waals surface area (Å²) >= 11 is 0. The number of aromatic nitrogens is 3. The van der Waals surface area contributed by atoms with E-state index < -0.39 is 0 Å². The quantitative estimate of drug-likeness (QED) is 0.906. The van der Waals surface area contributed by atoms with Gasteiger partial charge in [0, 0.05) is 5.56 Å². The molecule has 2 N–H and O–H groups in total. The number of methoxy groups -OCH3 is 1. The van der Waals surface area contributed by atoms with Crippen LogP contribution >= 0.6 is 0 Å². The molecule has 0 aliphatic heterocycles. The van der Waals surface area contributed by atoms with Crippen molar-refractivity contribution in [2.24, 2.45) is 5.73 Å². The van der Waals surface area contributed by atoms with E-state index in [2.05, 4.69) is 21.9 Å². The van der Waals surface area contributed by atoms with Crippen LogP contribution in [0.1, 0.15) is 24.1 Å². The molecule has 0 fully saturated rings. The molecule has 0 radical (unpaired) electrons. The summed E-state index contributed by atoms with van der Waals surface area (Å²) < 4.78 is 5.32. The Morgan fingerprint density at radius 1 is 1.21 bits per heavy atom. The highest BCUT2D eigenvalue weighted by molar-refractivity contribution is 5.58. The van der Waals surface area contributed by atoms with Crippen molar-refractivity contribution in [2.45, 2.75) is 26.8 Å². The first kappa shape index (κ1) is 13.4. The average Bonchev–Trinajstić information content (AvgIpc) is 2.45. The summed E-state index contributed by atoms with van der Waals surface area (Å²) in [6, 6.07) is 5.94. The van der Waals surface area contributed by atoms with Crippen molar-refractivity contribution in [3.05, 3.63) is 35.4 Å². The van der Waals surface area contributed by atoms with Crippen molar-refractivity contribution in [1.82, 2.24) is 15.0 Å². The van der Waals surface area contributed by atoms with Crippen LogP contribution in [0.5, 0.6) is 5.75 Å². The summed E-state index contributed by atoms with van der Waals surface area (Å²) in [5.74, 6) is 2.83. The molecule has 0 amide bonds. The van der Waals surface area contributed by atoms with Crippen LogP contribution in [-0.2, 0) is 13.0 Å². The fourth-order valence-electron chi connectivity index (χ4n) is 1.95. The SMILES string of the molecule is CCc1cc(-c2nc(C)nc(CN)n2)ccc1OC. The zero-order valence-corrected chi connectivity index (χ0v) is 11.5. The molecule has 0 aliphatic rings. The molecule has 100 valence electrons. The van der Waals surface area contributed by atoms with Crippen LogP contribution in [0.2, 0.25) is 0 Å². The van der Waals surface area contributed by atoms with Gasteiger partial charge in [-0.3, -0.25) is 0 Å². The molecule has 19 heavy (non-hydrogen) atoms. The van der Waals surface area contributed by atoms with Gasteiger partial charge in [-0.15, -0.1) is 0 Å². The smallest absolute Gasteiger partial charge is 0.163 e. The maximum absolute atomic E-state index is 5.59. The first-order valence-corrected chi connectivity index (χ1v) is 6.26. The Hall–Kier alpha value is -2.01. The molecule has 0 saturated carbocycles. The minimum absolute atomic E-state index is 0.313. The molecule has 0 saturated heterocycles. The third kappa shape index (κ3) is 2.88. The molecule has 5 heteroatoms. The van der Waals surface area contributed by atoms with Gasteiger partial charge in [-0.05, 0) is 37.1 Å². The topological polar surface area (TPSA) is 73.9 Å². The van der Waals surface area contributed by atoms with E-state index in [1.165, 1.54) is 0 Å². The second-order valence-corrected chi connectivity index (χ2v) is 4.21. The number of nitrogens with two attached hydrogens (primary N) is 1. The first-order valence-electron chi connectivity index (χ1n) is 6.26. The lowest BCUT2D eigenvalue weighted by Crippen LogP contribution is -2.07. The molecular formula is C14H18N4O. The Morgan fingerprint density at radius 2 is 2.00 bits per heavy atom. The van der Waals surface area contributed by atoms with Gasteiger partial charge in [0.05, 0.1) is 13.7 Å². The van der Waals surface area contributed by atoms with Gasteiger partial charge in [0.25, 0.3) is 0 Å². The number of ether oxygens (including phenoxy) is 1. The second-order valence-electron chi connectivity index (χ2n) is 4.21. The lowest BCUT2D eigenvalue weighted by atomic mass is 10.1. The molecule has 2 rings (SSSR count). The van der Waals surface area contributed by atoms with Crippen LogP contribution < -0.4 is 10.5 Å². The highest BCUT2D eigenvalue weighted by Crippen LogP contribution is 2.25. The van der Waals surface area contributed by atoms with Crippen LogP contribution in [0.3, 0.4) is 0 Å². The predicted octanol–water partition coefficient (Wildman–Crippen LogP) is 1.88. The number of rotatable bonds is 4. The second kappa shape index (κ2) is 5.75. The highest BCUT2D eigenvalue weighted by Gasteiger charge is 2.08. The van der Waals surface area contributed by atoms with E-state index in [1.54, 1.807) is 7.11 Å². The van der Waals surface area contributed by atoms with Gasteiger partial charge >= 0.3 is 0 Å². The molecule has 1 heterocycles. The molecule has 0 spiro atoms. The number of nitrogens with zero attached hydrogens (tertiary/aromatic N) is 3. The largest absolute Gasteiger partial charge is 0.496 e. The third-order valence-electron chi connectivity index (χ3n) is 2.90. The van der Waals surface area contributed by atoms with Gasteiger partial charge in [-0.1, -0.05) is 6.92 Å². The predicted molar refractivity (Wildman–Crippen MR) is 73.8 cm³/mol. The third-order valence-corrected chi connectivity index (χ3v) is 2.90. The Labute approximate surface area is 112 Å². The molecule has 1 aromatic carbocycles. The molecule has 5 nitrogen and oxygen atoms in total. The van der Waals surface area contributed by atoms with Gasteiger partial charge in [-0.25, -0.2) is 15.0 Å². The van der Waals surface area contributed by atoms with Gasteiger partial charge < -0.3 is 10.5 Å². The molecular weight excluding hydrogens is 240 g/mol. The summed E-state index contributed by atoms with van der Waals surface area (Å²) in [7, 11) is 1.67. The van der Waals surface area contributed by atoms with E-state index in [-0.39, 0.29) is 0 Å². The monoisotopic (exact) mass is 258 g/mol. The zero-order valence-electron chi connectivity index (χ0n) is 11.5. The maximum Gasteiger partial charge on any atom is 0.163 e. The molecule has 0 aliphatic carbocycles. The number of benzene rings is 1. The maximum atomic E-state index is 5.59. The summed E-state index contributed by atoms with van der Waals surface area (Å²) in [5, 5.41) is 0. The zero-order chi connectivity index (χ0) is 13.8. The normalized spacial score (nSPS) is 10.5. The van der Waals surface area contributed by atoms with Crippen molar-refractivity contribution < 1.29 is 4.74 Å². The Morgan fingerprint density at radius 3 is 2.63 bits per heavy atom. The molecule has 0 unspecified atom stereocenters. The minimum atomic E-state index is 0.313. The van der Waals surface area contributed by atoms with Crippen LogP contribution in [0.25, 0.3) is 11.4 Å². The van der Waals surface area contributed by atoms with Crippen molar-refractivity contribution >= 4 is 0 Å². The van der Waals surface area contributed by atoms with Gasteiger partial charge in [0.15, 0.2) is 5.82 Å². The van der Waals surface area contributed by atoms with E-state index in [1.807, 2.05) is 25.1 Å². The van der Waals surface area contributed by atoms with E-state index >= 15 is 0 Å². The molecule has 2 aromatic rings. The summed E-state index contributed by atoms with van der Waals surface area (Å²) in [5.41, 5.74) is 7.68. The minimum Gasteiger partial charge on any atom is -0.496 e. The van der Waals surface area contributed by atoms with Crippen molar-refractivity contribution in [3.8, 4) is 17.1 Å². The summed E-state index contributed by atoms with van der Waals surface area (Å²) in [4.78, 5) is 12.9. The summed E-state index contributed by atoms with van der Waals surface area (Å²) in [6.07, 6.45) is 0.894. The van der Waals surface area contributed by atoms with Crippen molar-refractivity contribution in [2.75, 3.05) is 7.11 Å². The number of hydrogen-bond acceptors (Lipinski definition) is 5. The fraction of sp³-hybridized carbons (Fsp3) is 0.357. The molecule has 0 atom stereocenters. The van der Waals surface area contributed by atoms with Gasteiger partial charge in [0.1, 0.15) is 17.4 Å². The fourth-order valence-corrected chi connectivity index (χ4v) is 1.95. The van der Waals surface area contributed by atoms with Crippen LogP contribution in [-0.4, -0.2) is 22.1 Å². The Kier molecular flexibility index (Phi) is 4.06.